The van der Waals surface area contributed by atoms with Crippen molar-refractivity contribution in [2.24, 2.45) is 4.99 Å². The molecule has 0 bridgehead atoms. The van der Waals surface area contributed by atoms with Crippen LogP contribution in [0.15, 0.2) is 65.7 Å². The summed E-state index contributed by atoms with van der Waals surface area (Å²) in [5.74, 6) is -1.73. The lowest BCUT2D eigenvalue weighted by Gasteiger charge is -2.15. The van der Waals surface area contributed by atoms with Crippen molar-refractivity contribution in [3.8, 4) is 16.8 Å². The molecule has 32 heavy (non-hydrogen) atoms. The molecule has 1 aliphatic rings. The number of carboxylic acid groups (broad SMARTS) is 1. The maximum atomic E-state index is 14.5. The fourth-order valence-corrected chi connectivity index (χ4v) is 4.09. The number of carbonyl (C=O) groups is 1. The smallest absolute Gasteiger partial charge is 0.432 e. The van der Waals surface area contributed by atoms with Crippen LogP contribution in [-0.2, 0) is 12.7 Å². The number of aliphatic imine (C=N–C) groups is 1. The van der Waals surface area contributed by atoms with Crippen molar-refractivity contribution < 1.29 is 27.5 Å². The predicted octanol–water partition coefficient (Wildman–Crippen LogP) is 6.09. The van der Waals surface area contributed by atoms with Crippen LogP contribution in [-0.4, -0.2) is 21.9 Å². The average molecular weight is 438 g/mol. The number of carboxylic acids is 1. The summed E-state index contributed by atoms with van der Waals surface area (Å²) in [6, 6.07) is 13.4. The molecule has 4 aromatic rings. The molecule has 0 radical (unpaired) electrons. The van der Waals surface area contributed by atoms with Crippen LogP contribution < -0.4 is 0 Å². The number of halogens is 4. The lowest BCUT2D eigenvalue weighted by Crippen LogP contribution is -2.13. The molecule has 3 aromatic carbocycles. The first kappa shape index (κ1) is 20.0. The first-order valence-corrected chi connectivity index (χ1v) is 9.62. The Morgan fingerprint density at radius 1 is 1.00 bits per heavy atom. The highest BCUT2D eigenvalue weighted by molar-refractivity contribution is 6.03. The molecule has 0 saturated carbocycles. The summed E-state index contributed by atoms with van der Waals surface area (Å²) in [6.07, 6.45) is -3.13. The summed E-state index contributed by atoms with van der Waals surface area (Å²) in [6.45, 7) is 0.367. The summed E-state index contributed by atoms with van der Waals surface area (Å²) in [5.41, 5.74) is 1.20. The van der Waals surface area contributed by atoms with E-state index in [2.05, 4.69) is 4.99 Å². The van der Waals surface area contributed by atoms with Crippen molar-refractivity contribution in [1.82, 2.24) is 4.57 Å². The Hall–Kier alpha value is -3.94. The Balaban J connectivity index is 1.90. The van der Waals surface area contributed by atoms with E-state index in [1.165, 1.54) is 36.4 Å². The van der Waals surface area contributed by atoms with Crippen molar-refractivity contribution in [3.63, 3.8) is 0 Å². The lowest BCUT2D eigenvalue weighted by molar-refractivity contribution is -0.141. The summed E-state index contributed by atoms with van der Waals surface area (Å²) < 4.78 is 58.0. The maximum Gasteiger partial charge on any atom is 0.432 e. The molecule has 8 heteroatoms. The van der Waals surface area contributed by atoms with Crippen LogP contribution in [0.5, 0.6) is 0 Å². The predicted molar refractivity (Wildman–Crippen MR) is 112 cm³/mol. The highest BCUT2D eigenvalue weighted by atomic mass is 19.4. The van der Waals surface area contributed by atoms with E-state index in [9.17, 15) is 22.4 Å². The van der Waals surface area contributed by atoms with Gasteiger partial charge >= 0.3 is 12.1 Å². The molecule has 160 valence electrons. The lowest BCUT2D eigenvalue weighted by atomic mass is 9.98. The Morgan fingerprint density at radius 3 is 2.31 bits per heavy atom. The number of aromatic carboxylic acids is 1. The zero-order valence-electron chi connectivity index (χ0n) is 16.3. The van der Waals surface area contributed by atoms with Gasteiger partial charge in [-0.2, -0.15) is 13.2 Å². The Labute approximate surface area is 179 Å². The second kappa shape index (κ2) is 7.05. The van der Waals surface area contributed by atoms with Gasteiger partial charge in [0.2, 0.25) is 0 Å². The normalized spacial score (nSPS) is 13.0. The summed E-state index contributed by atoms with van der Waals surface area (Å²) in [5, 5.41) is 9.51. The number of alkyl halides is 3. The topological polar surface area (TPSA) is 54.6 Å². The van der Waals surface area contributed by atoms with Crippen molar-refractivity contribution in [2.75, 3.05) is 0 Å². The van der Waals surface area contributed by atoms with E-state index >= 15 is 0 Å². The first-order chi connectivity index (χ1) is 15.2. The van der Waals surface area contributed by atoms with Gasteiger partial charge < -0.3 is 9.67 Å². The van der Waals surface area contributed by atoms with E-state index in [4.69, 9.17) is 5.11 Å². The largest absolute Gasteiger partial charge is 0.478 e. The fraction of sp³-hybridized carbons (Fsp3) is 0.0833. The molecular formula is C24H14F4N2O2. The molecule has 1 aliphatic heterocycles. The number of nitrogens with zero attached hydrogens (tertiary/aromatic N) is 2. The van der Waals surface area contributed by atoms with E-state index in [-0.39, 0.29) is 22.4 Å². The van der Waals surface area contributed by atoms with Gasteiger partial charge in [-0.25, -0.2) is 9.18 Å². The van der Waals surface area contributed by atoms with Gasteiger partial charge in [0, 0.05) is 22.9 Å². The molecule has 2 heterocycles. The van der Waals surface area contributed by atoms with Gasteiger partial charge in [0.1, 0.15) is 11.5 Å². The van der Waals surface area contributed by atoms with Crippen molar-refractivity contribution in [3.05, 3.63) is 88.9 Å². The molecule has 0 fully saturated rings. The number of hydrogen-bond acceptors (Lipinski definition) is 2. The first-order valence-electron chi connectivity index (χ1n) is 9.62. The minimum absolute atomic E-state index is 0.0288. The molecule has 4 nitrogen and oxygen atoms in total. The van der Waals surface area contributed by atoms with Crippen LogP contribution in [0.4, 0.5) is 17.6 Å². The Bertz CT molecular complexity index is 1400. The number of rotatable bonds is 3. The van der Waals surface area contributed by atoms with E-state index in [1.807, 2.05) is 0 Å². The molecule has 0 spiro atoms. The second-order valence-electron chi connectivity index (χ2n) is 7.45. The molecular weight excluding hydrogens is 424 g/mol. The third-order valence-electron chi connectivity index (χ3n) is 5.49. The minimum Gasteiger partial charge on any atom is -0.478 e. The van der Waals surface area contributed by atoms with E-state index in [0.717, 1.165) is 27.8 Å². The van der Waals surface area contributed by atoms with Crippen LogP contribution in [0.2, 0.25) is 0 Å². The van der Waals surface area contributed by atoms with Crippen molar-refractivity contribution in [2.45, 2.75) is 12.7 Å². The average Bonchev–Trinajstić information content (AvgIpc) is 3.34. The molecule has 1 aromatic heterocycles. The van der Waals surface area contributed by atoms with Gasteiger partial charge in [0.15, 0.2) is 0 Å². The molecule has 0 unspecified atom stereocenters. The second-order valence-corrected chi connectivity index (χ2v) is 7.45. The summed E-state index contributed by atoms with van der Waals surface area (Å²) in [7, 11) is 0. The standard InChI is InChI=1S/C24H14F4N2O2/c25-17-5-7-18(8-6-17)30-20-10-16-12-29-11-15(16)9-19(20)21(22(30)24(26,27)28)13-1-3-14(4-2-13)23(31)32/h1-10,12H,11H2,(H,31,32). The number of fused-ring (bicyclic) bond motifs is 2. The van der Waals surface area contributed by atoms with Gasteiger partial charge in [-0.15, -0.1) is 0 Å². The Kier molecular flexibility index (Phi) is 4.40. The SMILES string of the molecule is O=C(O)c1ccc(-c2c(C(F)(F)F)n(-c3ccc(F)cc3)c3cc4c(cc23)CN=C4)cc1. The monoisotopic (exact) mass is 438 g/mol. The van der Waals surface area contributed by atoms with Crippen LogP contribution in [0.1, 0.15) is 27.2 Å². The van der Waals surface area contributed by atoms with E-state index in [1.54, 1.807) is 18.3 Å². The quantitative estimate of drug-likeness (QED) is 0.394. The number of aromatic nitrogens is 1. The van der Waals surface area contributed by atoms with E-state index in [0.29, 0.717) is 17.4 Å². The van der Waals surface area contributed by atoms with Crippen LogP contribution in [0.25, 0.3) is 27.7 Å². The Morgan fingerprint density at radius 2 is 1.69 bits per heavy atom. The van der Waals surface area contributed by atoms with E-state index < -0.39 is 23.7 Å². The van der Waals surface area contributed by atoms with Crippen molar-refractivity contribution in [1.29, 1.82) is 0 Å². The maximum absolute atomic E-state index is 14.5. The molecule has 5 rings (SSSR count). The summed E-state index contributed by atoms with van der Waals surface area (Å²) in [4.78, 5) is 15.4. The molecule has 0 aliphatic carbocycles. The van der Waals surface area contributed by atoms with Crippen LogP contribution in [0.3, 0.4) is 0 Å². The summed E-state index contributed by atoms with van der Waals surface area (Å²) >= 11 is 0. The van der Waals surface area contributed by atoms with Gasteiger partial charge in [-0.05, 0) is 65.2 Å². The minimum atomic E-state index is -4.74. The fourth-order valence-electron chi connectivity index (χ4n) is 4.09. The van der Waals surface area contributed by atoms with Gasteiger partial charge in [-0.1, -0.05) is 12.1 Å². The van der Waals surface area contributed by atoms with Gasteiger partial charge in [0.05, 0.1) is 17.6 Å². The van der Waals surface area contributed by atoms with Crippen molar-refractivity contribution >= 4 is 23.1 Å². The number of benzene rings is 3. The highest BCUT2D eigenvalue weighted by Crippen LogP contribution is 2.46. The third kappa shape index (κ3) is 3.15. The molecule has 0 atom stereocenters. The zero-order valence-corrected chi connectivity index (χ0v) is 16.3. The van der Waals surface area contributed by atoms with Gasteiger partial charge in [0.25, 0.3) is 0 Å². The third-order valence-corrected chi connectivity index (χ3v) is 5.49. The van der Waals surface area contributed by atoms with Crippen LogP contribution in [0, 0.1) is 5.82 Å². The van der Waals surface area contributed by atoms with Gasteiger partial charge in [-0.3, -0.25) is 4.99 Å². The molecule has 0 amide bonds. The highest BCUT2D eigenvalue weighted by Gasteiger charge is 2.40. The van der Waals surface area contributed by atoms with Crippen LogP contribution >= 0.6 is 0 Å². The zero-order chi connectivity index (χ0) is 22.6. The molecule has 1 N–H and O–H groups in total. The number of hydrogen-bond donors (Lipinski definition) is 1. The molecule has 0 saturated heterocycles.